The van der Waals surface area contributed by atoms with E-state index in [-0.39, 0.29) is 12.6 Å². The second-order valence-corrected chi connectivity index (χ2v) is 1.70. The van der Waals surface area contributed by atoms with E-state index in [0.717, 1.165) is 0 Å². The summed E-state index contributed by atoms with van der Waals surface area (Å²) in [6.07, 6.45) is -0.366. The van der Waals surface area contributed by atoms with E-state index in [1.165, 1.54) is 0 Å². The Kier molecular flexibility index (Phi) is 3.77. The van der Waals surface area contributed by atoms with Crippen molar-refractivity contribution in [3.8, 4) is 0 Å². The molecule has 0 saturated carbocycles. The zero-order valence-corrected chi connectivity index (χ0v) is 4.75. The van der Waals surface area contributed by atoms with E-state index in [1.54, 1.807) is 0 Å². The Morgan fingerprint density at radius 2 is 2.12 bits per heavy atom. The molecule has 2 atom stereocenters. The van der Waals surface area contributed by atoms with E-state index in [1.807, 2.05) is 0 Å². The Labute approximate surface area is 49.1 Å². The highest BCUT2D eigenvalue weighted by Crippen LogP contribution is 1.91. The highest BCUT2D eigenvalue weighted by Gasteiger charge is 2.09. The zero-order chi connectivity index (χ0) is 6.57. The molecule has 0 aromatic heterocycles. The first kappa shape index (κ1) is 7.88. The lowest BCUT2D eigenvalue weighted by atomic mass is 10.1. The number of hydrogen-bond donors (Lipinski definition) is 3. The van der Waals surface area contributed by atoms with Crippen LogP contribution in [0.5, 0.6) is 0 Å². The predicted molar refractivity (Wildman–Crippen MR) is 31.0 cm³/mol. The lowest BCUT2D eigenvalue weighted by Gasteiger charge is -2.12. The smallest absolute Gasteiger partial charge is 0.0921 e. The van der Waals surface area contributed by atoms with Crippen LogP contribution in [-0.2, 0) is 0 Å². The molecule has 49 valence electrons. The number of rotatable bonds is 3. The molecule has 0 amide bonds. The Morgan fingerprint density at radius 3 is 2.25 bits per heavy atom. The second kappa shape index (κ2) is 3.83. The van der Waals surface area contributed by atoms with E-state index in [9.17, 15) is 0 Å². The Bertz CT molecular complexity index is 50.4. The van der Waals surface area contributed by atoms with Gasteiger partial charge in [0.1, 0.15) is 0 Å². The van der Waals surface area contributed by atoms with Gasteiger partial charge in [-0.3, -0.25) is 0 Å². The third kappa shape index (κ3) is 2.26. The van der Waals surface area contributed by atoms with Crippen LogP contribution in [0.4, 0.5) is 0 Å². The van der Waals surface area contributed by atoms with Crippen LogP contribution in [-0.4, -0.2) is 29.0 Å². The first-order valence-electron chi connectivity index (χ1n) is 2.56. The predicted octanol–water partition coefficient (Wildman–Crippen LogP) is -1.11. The van der Waals surface area contributed by atoms with E-state index in [0.29, 0.717) is 6.42 Å². The second-order valence-electron chi connectivity index (χ2n) is 1.70. The maximum absolute atomic E-state index is 8.71. The van der Waals surface area contributed by atoms with Crippen molar-refractivity contribution in [1.82, 2.24) is 0 Å². The minimum absolute atomic E-state index is 0.281. The molecule has 3 nitrogen and oxygen atoms in total. The van der Waals surface area contributed by atoms with Crippen molar-refractivity contribution < 1.29 is 10.2 Å². The van der Waals surface area contributed by atoms with Crippen LogP contribution in [0.3, 0.4) is 0 Å². The van der Waals surface area contributed by atoms with Crippen LogP contribution in [0.1, 0.15) is 6.42 Å². The standard InChI is InChI=1S/C5H12NO2/c1-2-4(6)5(8)3-7/h4-5,7-8H,1-3,6H2. The lowest BCUT2D eigenvalue weighted by molar-refractivity contribution is 0.0747. The first-order valence-corrected chi connectivity index (χ1v) is 2.56. The topological polar surface area (TPSA) is 66.5 Å². The van der Waals surface area contributed by atoms with Gasteiger partial charge in [0, 0.05) is 6.04 Å². The number of nitrogens with two attached hydrogens (primary N) is 1. The zero-order valence-electron chi connectivity index (χ0n) is 4.75. The van der Waals surface area contributed by atoms with Gasteiger partial charge in [-0.25, -0.2) is 0 Å². The fourth-order valence-corrected chi connectivity index (χ4v) is 0.328. The summed E-state index contributed by atoms with van der Waals surface area (Å²) in [6.45, 7) is 3.18. The van der Waals surface area contributed by atoms with Crippen molar-refractivity contribution in [3.05, 3.63) is 6.92 Å². The van der Waals surface area contributed by atoms with Gasteiger partial charge in [-0.15, -0.1) is 0 Å². The number of hydrogen-bond acceptors (Lipinski definition) is 3. The summed E-state index contributed by atoms with van der Waals surface area (Å²) in [6, 6.07) is -0.389. The van der Waals surface area contributed by atoms with E-state index >= 15 is 0 Å². The molecule has 3 heteroatoms. The maximum atomic E-state index is 8.71. The van der Waals surface area contributed by atoms with Crippen LogP contribution in [0.2, 0.25) is 0 Å². The summed E-state index contributed by atoms with van der Waals surface area (Å²) >= 11 is 0. The van der Waals surface area contributed by atoms with Crippen molar-refractivity contribution in [2.75, 3.05) is 6.61 Å². The average Bonchev–Trinajstić information content (AvgIpc) is 1.84. The average molecular weight is 118 g/mol. The summed E-state index contributed by atoms with van der Waals surface area (Å²) in [4.78, 5) is 0. The van der Waals surface area contributed by atoms with Crippen molar-refractivity contribution in [2.45, 2.75) is 18.6 Å². The lowest BCUT2D eigenvalue weighted by Crippen LogP contribution is -2.36. The van der Waals surface area contributed by atoms with Crippen molar-refractivity contribution in [2.24, 2.45) is 5.73 Å². The largest absolute Gasteiger partial charge is 0.394 e. The third-order valence-electron chi connectivity index (χ3n) is 1.01. The molecule has 8 heavy (non-hydrogen) atoms. The molecule has 4 N–H and O–H groups in total. The minimum atomic E-state index is -0.813. The van der Waals surface area contributed by atoms with E-state index in [2.05, 4.69) is 6.92 Å². The van der Waals surface area contributed by atoms with Crippen LogP contribution >= 0.6 is 0 Å². The fraction of sp³-hybridized carbons (Fsp3) is 0.800. The summed E-state index contributed by atoms with van der Waals surface area (Å²) in [5, 5.41) is 17.0. The quantitative estimate of drug-likeness (QED) is 0.440. The molecule has 0 aliphatic rings. The molecule has 1 radical (unpaired) electrons. The molecule has 0 spiro atoms. The summed E-state index contributed by atoms with van der Waals surface area (Å²) in [5.41, 5.74) is 5.25. The molecular weight excluding hydrogens is 106 g/mol. The normalized spacial score (nSPS) is 18.0. The molecule has 0 bridgehead atoms. The molecular formula is C5H12NO2. The van der Waals surface area contributed by atoms with Crippen molar-refractivity contribution >= 4 is 0 Å². The fourth-order valence-electron chi connectivity index (χ4n) is 0.328. The molecule has 0 fully saturated rings. The number of aliphatic hydroxyl groups is 2. The van der Waals surface area contributed by atoms with Crippen LogP contribution in [0.25, 0.3) is 0 Å². The summed E-state index contributed by atoms with van der Waals surface area (Å²) in [5.74, 6) is 0. The number of aliphatic hydroxyl groups excluding tert-OH is 2. The van der Waals surface area contributed by atoms with Gasteiger partial charge < -0.3 is 15.9 Å². The third-order valence-corrected chi connectivity index (χ3v) is 1.01. The van der Waals surface area contributed by atoms with Crippen LogP contribution < -0.4 is 5.73 Å². The Hall–Kier alpha value is -0.120. The van der Waals surface area contributed by atoms with Crippen LogP contribution in [0, 0.1) is 6.92 Å². The van der Waals surface area contributed by atoms with Gasteiger partial charge in [0.05, 0.1) is 12.7 Å². The maximum Gasteiger partial charge on any atom is 0.0921 e. The molecule has 0 aliphatic heterocycles. The first-order chi connectivity index (χ1) is 3.72. The summed E-state index contributed by atoms with van der Waals surface area (Å²) in [7, 11) is 0. The Balaban J connectivity index is 3.29. The van der Waals surface area contributed by atoms with Gasteiger partial charge in [-0.2, -0.15) is 0 Å². The molecule has 0 saturated heterocycles. The Morgan fingerprint density at radius 1 is 1.62 bits per heavy atom. The molecule has 2 unspecified atom stereocenters. The van der Waals surface area contributed by atoms with Crippen LogP contribution in [0.15, 0.2) is 0 Å². The highest BCUT2D eigenvalue weighted by molar-refractivity contribution is 4.70. The van der Waals surface area contributed by atoms with Crippen molar-refractivity contribution in [3.63, 3.8) is 0 Å². The monoisotopic (exact) mass is 118 g/mol. The van der Waals surface area contributed by atoms with Gasteiger partial charge in [0.15, 0.2) is 0 Å². The van der Waals surface area contributed by atoms with Gasteiger partial charge >= 0.3 is 0 Å². The summed E-state index contributed by atoms with van der Waals surface area (Å²) < 4.78 is 0. The van der Waals surface area contributed by atoms with Gasteiger partial charge in [0.25, 0.3) is 0 Å². The van der Waals surface area contributed by atoms with E-state index < -0.39 is 6.10 Å². The van der Waals surface area contributed by atoms with Gasteiger partial charge in [0.2, 0.25) is 0 Å². The highest BCUT2D eigenvalue weighted by atomic mass is 16.3. The molecule has 0 aromatic rings. The minimum Gasteiger partial charge on any atom is -0.394 e. The molecule has 0 heterocycles. The van der Waals surface area contributed by atoms with Crippen molar-refractivity contribution in [1.29, 1.82) is 0 Å². The van der Waals surface area contributed by atoms with Gasteiger partial charge in [-0.1, -0.05) is 6.92 Å². The van der Waals surface area contributed by atoms with Gasteiger partial charge in [-0.05, 0) is 6.42 Å². The SMILES string of the molecule is [CH2]CC(N)C(O)CO. The molecule has 0 aliphatic carbocycles. The molecule has 0 rings (SSSR count). The molecule has 0 aromatic carbocycles. The van der Waals surface area contributed by atoms with E-state index in [4.69, 9.17) is 15.9 Å².